The van der Waals surface area contributed by atoms with Crippen LogP contribution in [0.25, 0.3) is 0 Å². The van der Waals surface area contributed by atoms with Crippen molar-refractivity contribution >= 4 is 18.0 Å². The first kappa shape index (κ1) is 7.86. The van der Waals surface area contributed by atoms with Gasteiger partial charge in [-0.3, -0.25) is 4.99 Å². The minimum atomic E-state index is 0.373. The maximum absolute atomic E-state index is 4.33. The molecule has 0 aromatic rings. The van der Waals surface area contributed by atoms with Crippen LogP contribution in [0.15, 0.2) is 16.0 Å². The number of nitrogens with zero attached hydrogens (tertiary/aromatic N) is 1. The molecule has 0 aromatic heterocycles. The van der Waals surface area contributed by atoms with Crippen molar-refractivity contribution in [2.75, 3.05) is 0 Å². The molecule has 0 fully saturated rings. The van der Waals surface area contributed by atoms with Gasteiger partial charge in [-0.15, -0.1) is 11.8 Å². The number of allylic oxidation sites excluding steroid dienone is 1. The highest BCUT2D eigenvalue weighted by atomic mass is 32.2. The highest BCUT2D eigenvalue weighted by molar-refractivity contribution is 8.04. The summed E-state index contributed by atoms with van der Waals surface area (Å²) < 4.78 is 0. The minimum absolute atomic E-state index is 0.373. The molecule has 2 atom stereocenters. The van der Waals surface area contributed by atoms with Crippen LogP contribution >= 0.6 is 11.8 Å². The van der Waals surface area contributed by atoms with Gasteiger partial charge in [0.15, 0.2) is 0 Å². The van der Waals surface area contributed by atoms with E-state index in [-0.39, 0.29) is 0 Å². The Morgan fingerprint density at radius 2 is 2.20 bits per heavy atom. The van der Waals surface area contributed by atoms with Crippen LogP contribution in [0.2, 0.25) is 0 Å². The van der Waals surface area contributed by atoms with Gasteiger partial charge in [0.25, 0.3) is 0 Å². The molecule has 2 unspecified atom stereocenters. The standard InChI is InChI=1S/C8H13NS/c1-6-4-7(2)10-8(3)5-9-6/h4-6,8H,1-3H3. The van der Waals surface area contributed by atoms with Crippen LogP contribution in [0.4, 0.5) is 0 Å². The van der Waals surface area contributed by atoms with E-state index in [0.717, 1.165) is 0 Å². The van der Waals surface area contributed by atoms with E-state index in [1.54, 1.807) is 0 Å². The summed E-state index contributed by atoms with van der Waals surface area (Å²) in [6.07, 6.45) is 4.23. The molecular formula is C8H13NS. The molecule has 0 saturated heterocycles. The van der Waals surface area contributed by atoms with Gasteiger partial charge in [-0.05, 0) is 25.7 Å². The summed E-state index contributed by atoms with van der Waals surface area (Å²) in [5.41, 5.74) is 0. The zero-order valence-electron chi connectivity index (χ0n) is 6.66. The van der Waals surface area contributed by atoms with Crippen molar-refractivity contribution in [3.63, 3.8) is 0 Å². The molecule has 0 N–H and O–H groups in total. The number of aliphatic imine (C=N–C) groups is 1. The van der Waals surface area contributed by atoms with Crippen molar-refractivity contribution in [1.82, 2.24) is 0 Å². The van der Waals surface area contributed by atoms with E-state index in [9.17, 15) is 0 Å². The number of hydrogen-bond acceptors (Lipinski definition) is 2. The molecule has 1 nitrogen and oxygen atoms in total. The van der Waals surface area contributed by atoms with E-state index in [4.69, 9.17) is 0 Å². The van der Waals surface area contributed by atoms with Gasteiger partial charge in [-0.1, -0.05) is 6.08 Å². The van der Waals surface area contributed by atoms with E-state index in [2.05, 4.69) is 31.8 Å². The summed E-state index contributed by atoms with van der Waals surface area (Å²) in [5.74, 6) is 0. The molecule has 1 rings (SSSR count). The summed E-state index contributed by atoms with van der Waals surface area (Å²) in [6.45, 7) is 6.43. The van der Waals surface area contributed by atoms with Gasteiger partial charge in [0.1, 0.15) is 0 Å². The lowest BCUT2D eigenvalue weighted by Gasteiger charge is -2.00. The first-order chi connectivity index (χ1) is 4.68. The van der Waals surface area contributed by atoms with Gasteiger partial charge in [0, 0.05) is 11.5 Å². The quantitative estimate of drug-likeness (QED) is 0.523. The summed E-state index contributed by atoms with van der Waals surface area (Å²) in [4.78, 5) is 5.72. The average molecular weight is 155 g/mol. The maximum Gasteiger partial charge on any atom is 0.0658 e. The SMILES string of the molecule is CC1=CC(C)N=CC(C)S1. The molecule has 0 aromatic carbocycles. The minimum Gasteiger partial charge on any atom is -0.289 e. The molecule has 56 valence electrons. The lowest BCUT2D eigenvalue weighted by molar-refractivity contribution is 0.927. The fourth-order valence-electron chi connectivity index (χ4n) is 1.00. The van der Waals surface area contributed by atoms with Crippen LogP contribution in [-0.2, 0) is 0 Å². The van der Waals surface area contributed by atoms with E-state index in [1.165, 1.54) is 4.91 Å². The zero-order valence-corrected chi connectivity index (χ0v) is 7.48. The van der Waals surface area contributed by atoms with Gasteiger partial charge < -0.3 is 0 Å². The van der Waals surface area contributed by atoms with Gasteiger partial charge in [0.2, 0.25) is 0 Å². The number of thioether (sulfide) groups is 1. The predicted molar refractivity (Wildman–Crippen MR) is 48.8 cm³/mol. The normalized spacial score (nSPS) is 33.3. The fourth-order valence-corrected chi connectivity index (χ4v) is 2.00. The molecule has 0 amide bonds. The van der Waals surface area contributed by atoms with Gasteiger partial charge in [-0.25, -0.2) is 0 Å². The van der Waals surface area contributed by atoms with Crippen LogP contribution < -0.4 is 0 Å². The van der Waals surface area contributed by atoms with Crippen LogP contribution in [0.1, 0.15) is 20.8 Å². The summed E-state index contributed by atoms with van der Waals surface area (Å²) in [6, 6.07) is 0.373. The lowest BCUT2D eigenvalue weighted by atomic mass is 10.3. The smallest absolute Gasteiger partial charge is 0.0658 e. The molecule has 0 saturated carbocycles. The second-order valence-corrected chi connectivity index (χ2v) is 4.26. The molecule has 0 aliphatic carbocycles. The Bertz CT molecular complexity index is 172. The summed E-state index contributed by atoms with van der Waals surface area (Å²) in [7, 11) is 0. The number of rotatable bonds is 0. The first-order valence-corrected chi connectivity index (χ1v) is 4.45. The highest BCUT2D eigenvalue weighted by Crippen LogP contribution is 2.22. The van der Waals surface area contributed by atoms with E-state index in [1.807, 2.05) is 18.0 Å². The first-order valence-electron chi connectivity index (χ1n) is 3.57. The summed E-state index contributed by atoms with van der Waals surface area (Å²) >= 11 is 1.88. The molecule has 1 heterocycles. The Morgan fingerprint density at radius 3 is 2.90 bits per heavy atom. The van der Waals surface area contributed by atoms with Gasteiger partial charge in [-0.2, -0.15) is 0 Å². The molecular weight excluding hydrogens is 142 g/mol. The highest BCUT2D eigenvalue weighted by Gasteiger charge is 2.05. The molecule has 0 radical (unpaired) electrons. The van der Waals surface area contributed by atoms with Crippen LogP contribution in [0.3, 0.4) is 0 Å². The van der Waals surface area contributed by atoms with Crippen molar-refractivity contribution < 1.29 is 0 Å². The van der Waals surface area contributed by atoms with Gasteiger partial charge in [0.05, 0.1) is 6.04 Å². The lowest BCUT2D eigenvalue weighted by Crippen LogP contribution is -1.96. The molecule has 2 heteroatoms. The average Bonchev–Trinajstić information content (AvgIpc) is 1.93. The van der Waals surface area contributed by atoms with Crippen LogP contribution in [0.5, 0.6) is 0 Å². The Morgan fingerprint density at radius 1 is 1.50 bits per heavy atom. The van der Waals surface area contributed by atoms with Crippen molar-refractivity contribution in [2.24, 2.45) is 4.99 Å². The molecule has 1 aliphatic heterocycles. The fraction of sp³-hybridized carbons (Fsp3) is 0.625. The van der Waals surface area contributed by atoms with Crippen LogP contribution in [-0.4, -0.2) is 17.5 Å². The Labute approximate surface area is 66.6 Å². The maximum atomic E-state index is 4.33. The summed E-state index contributed by atoms with van der Waals surface area (Å²) in [5, 5.41) is 0.543. The van der Waals surface area contributed by atoms with Crippen molar-refractivity contribution in [3.8, 4) is 0 Å². The monoisotopic (exact) mass is 155 g/mol. The third-order valence-electron chi connectivity index (χ3n) is 1.38. The zero-order chi connectivity index (χ0) is 7.56. The Balaban J connectivity index is 2.69. The van der Waals surface area contributed by atoms with E-state index < -0.39 is 0 Å². The Kier molecular flexibility index (Phi) is 2.55. The number of hydrogen-bond donors (Lipinski definition) is 0. The molecule has 1 aliphatic rings. The van der Waals surface area contributed by atoms with Crippen molar-refractivity contribution in [1.29, 1.82) is 0 Å². The molecule has 0 bridgehead atoms. The van der Waals surface area contributed by atoms with E-state index in [0.29, 0.717) is 11.3 Å². The second kappa shape index (κ2) is 3.24. The molecule has 0 spiro atoms. The molecule has 10 heavy (non-hydrogen) atoms. The third kappa shape index (κ3) is 2.18. The van der Waals surface area contributed by atoms with E-state index >= 15 is 0 Å². The topological polar surface area (TPSA) is 12.4 Å². The van der Waals surface area contributed by atoms with Gasteiger partial charge >= 0.3 is 0 Å². The van der Waals surface area contributed by atoms with Crippen LogP contribution in [0, 0.1) is 0 Å². The third-order valence-corrected chi connectivity index (χ3v) is 2.38. The van der Waals surface area contributed by atoms with Crippen molar-refractivity contribution in [3.05, 3.63) is 11.0 Å². The predicted octanol–water partition coefficient (Wildman–Crippen LogP) is 2.48. The second-order valence-electron chi connectivity index (χ2n) is 2.64. The largest absolute Gasteiger partial charge is 0.289 e. The van der Waals surface area contributed by atoms with Crippen molar-refractivity contribution in [2.45, 2.75) is 32.1 Å². The Hall–Kier alpha value is -0.240.